The van der Waals surface area contributed by atoms with E-state index in [0.29, 0.717) is 11.2 Å². The lowest BCUT2D eigenvalue weighted by Gasteiger charge is -2.01. The highest BCUT2D eigenvalue weighted by molar-refractivity contribution is 7.17. The third-order valence-electron chi connectivity index (χ3n) is 2.44. The summed E-state index contributed by atoms with van der Waals surface area (Å²) in [5, 5.41) is 5.73. The van der Waals surface area contributed by atoms with Crippen molar-refractivity contribution < 1.29 is 4.52 Å². The molecule has 86 valence electrons. The molecule has 0 unspecified atom stereocenters. The summed E-state index contributed by atoms with van der Waals surface area (Å²) in [6.45, 7) is 2.21. The highest BCUT2D eigenvalue weighted by Crippen LogP contribution is 2.13. The molecule has 0 aromatic carbocycles. The Kier molecular flexibility index (Phi) is 2.29. The molecule has 0 saturated carbocycles. The van der Waals surface area contributed by atoms with Gasteiger partial charge in [-0.25, -0.2) is 4.98 Å². The molecule has 0 atom stereocenters. The highest BCUT2D eigenvalue weighted by atomic mass is 32.1. The van der Waals surface area contributed by atoms with Gasteiger partial charge < -0.3 is 4.52 Å². The van der Waals surface area contributed by atoms with E-state index in [1.54, 1.807) is 6.33 Å². The average molecular weight is 247 g/mol. The predicted octanol–water partition coefficient (Wildman–Crippen LogP) is 1.80. The molecule has 0 saturated heterocycles. The van der Waals surface area contributed by atoms with E-state index >= 15 is 0 Å². The quantitative estimate of drug-likeness (QED) is 0.692. The fraction of sp³-hybridized carbons (Fsp3) is 0.182. The Morgan fingerprint density at radius 2 is 2.41 bits per heavy atom. The van der Waals surface area contributed by atoms with Crippen LogP contribution in [0.2, 0.25) is 0 Å². The summed E-state index contributed by atoms with van der Waals surface area (Å²) in [6.07, 6.45) is 1.54. The third-order valence-corrected chi connectivity index (χ3v) is 3.34. The second-order valence-electron chi connectivity index (χ2n) is 3.74. The van der Waals surface area contributed by atoms with Crippen LogP contribution < -0.4 is 5.56 Å². The fourth-order valence-corrected chi connectivity index (χ4v) is 2.45. The van der Waals surface area contributed by atoms with Gasteiger partial charge in [-0.1, -0.05) is 5.16 Å². The van der Waals surface area contributed by atoms with Gasteiger partial charge in [0.15, 0.2) is 0 Å². The molecular formula is C11H9N3O2S. The Labute approximate surface area is 100 Å². The molecule has 3 heterocycles. The van der Waals surface area contributed by atoms with Gasteiger partial charge in [0.2, 0.25) is 0 Å². The lowest BCUT2D eigenvalue weighted by atomic mass is 10.3. The number of fused-ring (bicyclic) bond motifs is 1. The Bertz CT molecular complexity index is 725. The van der Waals surface area contributed by atoms with Crippen LogP contribution in [-0.2, 0) is 6.54 Å². The Hall–Kier alpha value is -1.95. The molecule has 0 bridgehead atoms. The SMILES string of the molecule is Cc1cc(Cn2cnc3ccsc3c2=O)no1. The van der Waals surface area contributed by atoms with E-state index in [-0.39, 0.29) is 5.56 Å². The largest absolute Gasteiger partial charge is 0.361 e. The molecule has 3 aromatic rings. The predicted molar refractivity (Wildman–Crippen MR) is 64.2 cm³/mol. The van der Waals surface area contributed by atoms with E-state index in [4.69, 9.17) is 4.52 Å². The average Bonchev–Trinajstić information content (AvgIpc) is 2.92. The number of aromatic nitrogens is 3. The van der Waals surface area contributed by atoms with Crippen LogP contribution in [0.1, 0.15) is 11.5 Å². The Balaban J connectivity index is 2.06. The number of rotatable bonds is 2. The molecule has 5 nitrogen and oxygen atoms in total. The summed E-state index contributed by atoms with van der Waals surface area (Å²) >= 11 is 1.40. The van der Waals surface area contributed by atoms with E-state index < -0.39 is 0 Å². The molecule has 0 amide bonds. The lowest BCUT2D eigenvalue weighted by Crippen LogP contribution is -2.20. The van der Waals surface area contributed by atoms with Crippen LogP contribution in [0.15, 0.2) is 33.2 Å². The fourth-order valence-electron chi connectivity index (χ4n) is 1.66. The summed E-state index contributed by atoms with van der Waals surface area (Å²) in [5.41, 5.74) is 1.43. The maximum Gasteiger partial charge on any atom is 0.271 e. The Morgan fingerprint density at radius 1 is 1.53 bits per heavy atom. The van der Waals surface area contributed by atoms with E-state index in [9.17, 15) is 4.79 Å². The van der Waals surface area contributed by atoms with Crippen molar-refractivity contribution in [3.8, 4) is 0 Å². The number of aryl methyl sites for hydroxylation is 1. The summed E-state index contributed by atoms with van der Waals surface area (Å²) in [7, 11) is 0. The van der Waals surface area contributed by atoms with Gasteiger partial charge in [-0.2, -0.15) is 0 Å². The van der Waals surface area contributed by atoms with Gasteiger partial charge in [0, 0.05) is 6.07 Å². The zero-order valence-corrected chi connectivity index (χ0v) is 9.90. The number of thiophene rings is 1. The monoisotopic (exact) mass is 247 g/mol. The molecule has 0 N–H and O–H groups in total. The van der Waals surface area contributed by atoms with Crippen LogP contribution in [0.25, 0.3) is 10.2 Å². The van der Waals surface area contributed by atoms with Crippen molar-refractivity contribution in [1.29, 1.82) is 0 Å². The molecule has 0 aliphatic rings. The minimum atomic E-state index is -0.0364. The van der Waals surface area contributed by atoms with Crippen LogP contribution in [0.5, 0.6) is 0 Å². The molecule has 0 spiro atoms. The zero-order chi connectivity index (χ0) is 11.8. The zero-order valence-electron chi connectivity index (χ0n) is 9.08. The minimum Gasteiger partial charge on any atom is -0.361 e. The lowest BCUT2D eigenvalue weighted by molar-refractivity contribution is 0.388. The molecule has 6 heteroatoms. The van der Waals surface area contributed by atoms with Gasteiger partial charge >= 0.3 is 0 Å². The van der Waals surface area contributed by atoms with Gasteiger partial charge in [-0.05, 0) is 18.4 Å². The van der Waals surface area contributed by atoms with Crippen molar-refractivity contribution in [2.75, 3.05) is 0 Å². The summed E-state index contributed by atoms with van der Waals surface area (Å²) in [4.78, 5) is 16.3. The standard InChI is InChI=1S/C11H9N3O2S/c1-7-4-8(13-16-7)5-14-6-12-9-2-3-17-10(9)11(14)15/h2-4,6H,5H2,1H3. The van der Waals surface area contributed by atoms with Crippen LogP contribution in [0.4, 0.5) is 0 Å². The number of hydrogen-bond acceptors (Lipinski definition) is 5. The van der Waals surface area contributed by atoms with Crippen LogP contribution >= 0.6 is 11.3 Å². The molecule has 17 heavy (non-hydrogen) atoms. The normalized spacial score (nSPS) is 11.1. The molecule has 0 aliphatic carbocycles. The van der Waals surface area contributed by atoms with E-state index in [2.05, 4.69) is 10.1 Å². The maximum absolute atomic E-state index is 12.1. The first-order chi connectivity index (χ1) is 8.24. The number of nitrogens with zero attached hydrogens (tertiary/aromatic N) is 3. The van der Waals surface area contributed by atoms with Gasteiger partial charge in [0.05, 0.1) is 18.4 Å². The van der Waals surface area contributed by atoms with Gasteiger partial charge in [-0.3, -0.25) is 9.36 Å². The topological polar surface area (TPSA) is 60.9 Å². The van der Waals surface area contributed by atoms with Crippen molar-refractivity contribution >= 4 is 21.6 Å². The van der Waals surface area contributed by atoms with E-state index in [0.717, 1.165) is 17.0 Å². The first-order valence-electron chi connectivity index (χ1n) is 5.09. The second-order valence-corrected chi connectivity index (χ2v) is 4.66. The Morgan fingerprint density at radius 3 is 3.18 bits per heavy atom. The smallest absolute Gasteiger partial charge is 0.271 e. The molecular weight excluding hydrogens is 238 g/mol. The van der Waals surface area contributed by atoms with Crippen molar-refractivity contribution in [1.82, 2.24) is 14.7 Å². The molecule has 0 aliphatic heterocycles. The van der Waals surface area contributed by atoms with Crippen LogP contribution in [0, 0.1) is 6.92 Å². The number of hydrogen-bond donors (Lipinski definition) is 0. The molecule has 3 rings (SSSR count). The third kappa shape index (κ3) is 1.76. The summed E-state index contributed by atoms with van der Waals surface area (Å²) < 4.78 is 7.18. The first-order valence-corrected chi connectivity index (χ1v) is 5.97. The van der Waals surface area contributed by atoms with Crippen molar-refractivity contribution in [3.63, 3.8) is 0 Å². The van der Waals surface area contributed by atoms with Crippen molar-refractivity contribution in [3.05, 3.63) is 45.6 Å². The van der Waals surface area contributed by atoms with Gasteiger partial charge in [0.25, 0.3) is 5.56 Å². The summed E-state index contributed by atoms with van der Waals surface area (Å²) in [6, 6.07) is 3.65. The maximum atomic E-state index is 12.1. The van der Waals surface area contributed by atoms with Crippen LogP contribution in [0.3, 0.4) is 0 Å². The van der Waals surface area contributed by atoms with Crippen LogP contribution in [-0.4, -0.2) is 14.7 Å². The highest BCUT2D eigenvalue weighted by Gasteiger charge is 2.07. The van der Waals surface area contributed by atoms with Crippen molar-refractivity contribution in [2.24, 2.45) is 0 Å². The molecule has 0 fully saturated rings. The van der Waals surface area contributed by atoms with Gasteiger partial charge in [-0.15, -0.1) is 11.3 Å². The van der Waals surface area contributed by atoms with E-state index in [1.165, 1.54) is 15.9 Å². The second kappa shape index (κ2) is 3.81. The first kappa shape index (κ1) is 10.2. The van der Waals surface area contributed by atoms with Gasteiger partial charge in [0.1, 0.15) is 16.2 Å². The summed E-state index contributed by atoms with van der Waals surface area (Å²) in [5.74, 6) is 0.734. The molecule has 3 aromatic heterocycles. The van der Waals surface area contributed by atoms with Crippen molar-refractivity contribution in [2.45, 2.75) is 13.5 Å². The minimum absolute atomic E-state index is 0.0364. The van der Waals surface area contributed by atoms with E-state index in [1.807, 2.05) is 24.4 Å². The molecule has 0 radical (unpaired) electrons.